The van der Waals surface area contributed by atoms with Crippen LogP contribution in [0.25, 0.3) is 16.6 Å². The number of fused-ring (bicyclic) bond motifs is 3. The van der Waals surface area contributed by atoms with Gasteiger partial charge in [0.15, 0.2) is 0 Å². The molecule has 0 radical (unpaired) electrons. The van der Waals surface area contributed by atoms with Crippen molar-refractivity contribution in [1.82, 2.24) is 19.3 Å². The predicted molar refractivity (Wildman–Crippen MR) is 96.3 cm³/mol. The quantitative estimate of drug-likeness (QED) is 0.808. The molecule has 0 saturated carbocycles. The maximum Gasteiger partial charge on any atom is 0.277 e. The Morgan fingerprint density at radius 2 is 1.74 bits per heavy atom. The molecule has 1 N–H and O–H groups in total. The van der Waals surface area contributed by atoms with E-state index in [9.17, 15) is 4.79 Å². The molecule has 23 heavy (non-hydrogen) atoms. The Kier molecular flexibility index (Phi) is 5.55. The number of nitrogens with one attached hydrogen (secondary N) is 1. The molecule has 0 fully saturated rings. The molecule has 0 aliphatic carbocycles. The van der Waals surface area contributed by atoms with Gasteiger partial charge in [-0.15, -0.1) is 0 Å². The van der Waals surface area contributed by atoms with Gasteiger partial charge < -0.3 is 9.88 Å². The van der Waals surface area contributed by atoms with Gasteiger partial charge in [-0.25, -0.2) is 4.98 Å². The summed E-state index contributed by atoms with van der Waals surface area (Å²) in [7, 11) is 0. The summed E-state index contributed by atoms with van der Waals surface area (Å²) in [4.78, 5) is 16.8. The molecule has 0 spiro atoms. The highest BCUT2D eigenvalue weighted by atomic mass is 16.1. The minimum Gasteiger partial charge on any atom is -0.317 e. The lowest BCUT2D eigenvalue weighted by Gasteiger charge is -2.15. The highest BCUT2D eigenvalue weighted by molar-refractivity contribution is 5.79. The van der Waals surface area contributed by atoms with E-state index in [0.29, 0.717) is 5.52 Å². The zero-order chi connectivity index (χ0) is 17.0. The zero-order valence-electron chi connectivity index (χ0n) is 14.6. The SMILES string of the molecule is CCNCC.Cc1ncn2c1c(=O)n(C(C)C)c1ccccc12. The Hall–Kier alpha value is -2.14. The van der Waals surface area contributed by atoms with Gasteiger partial charge in [0.1, 0.15) is 11.8 Å². The summed E-state index contributed by atoms with van der Waals surface area (Å²) >= 11 is 0. The third-order valence-electron chi connectivity index (χ3n) is 3.79. The van der Waals surface area contributed by atoms with E-state index in [1.165, 1.54) is 0 Å². The molecule has 3 aromatic rings. The van der Waals surface area contributed by atoms with Gasteiger partial charge >= 0.3 is 0 Å². The molecule has 124 valence electrons. The summed E-state index contributed by atoms with van der Waals surface area (Å²) in [6, 6.07) is 8.05. The summed E-state index contributed by atoms with van der Waals surface area (Å²) in [6.45, 7) is 12.3. The summed E-state index contributed by atoms with van der Waals surface area (Å²) < 4.78 is 3.71. The van der Waals surface area contributed by atoms with E-state index in [1.54, 1.807) is 6.33 Å². The summed E-state index contributed by atoms with van der Waals surface area (Å²) in [5.74, 6) is 0. The first kappa shape index (κ1) is 17.2. The van der Waals surface area contributed by atoms with Gasteiger partial charge in [-0.3, -0.25) is 9.20 Å². The number of aryl methyl sites for hydroxylation is 1. The summed E-state index contributed by atoms with van der Waals surface area (Å²) in [5, 5.41) is 3.11. The lowest BCUT2D eigenvalue weighted by molar-refractivity contribution is 0.601. The maximum absolute atomic E-state index is 12.6. The largest absolute Gasteiger partial charge is 0.317 e. The molecule has 0 bridgehead atoms. The topological polar surface area (TPSA) is 51.3 Å². The van der Waals surface area contributed by atoms with Gasteiger partial charge in [0.05, 0.1) is 16.7 Å². The van der Waals surface area contributed by atoms with Crippen LogP contribution in [-0.2, 0) is 0 Å². The van der Waals surface area contributed by atoms with Crippen LogP contribution in [0.1, 0.15) is 39.4 Å². The fraction of sp³-hybridized carbons (Fsp3) is 0.444. The standard InChI is InChI=1S/C14H15N3O.C4H11N/c1-9(2)17-12-7-5-4-6-11(12)16-8-15-10(3)13(16)14(17)18;1-3-5-4-2/h4-9H,1-3H3;5H,3-4H2,1-2H3. The minimum atomic E-state index is 0.0266. The van der Waals surface area contributed by atoms with E-state index >= 15 is 0 Å². The van der Waals surface area contributed by atoms with Gasteiger partial charge in [0.2, 0.25) is 0 Å². The van der Waals surface area contributed by atoms with Crippen molar-refractivity contribution in [2.45, 2.75) is 40.7 Å². The van der Waals surface area contributed by atoms with Crippen LogP contribution in [0.3, 0.4) is 0 Å². The lowest BCUT2D eigenvalue weighted by atomic mass is 10.2. The highest BCUT2D eigenvalue weighted by Gasteiger charge is 2.14. The monoisotopic (exact) mass is 314 g/mol. The summed E-state index contributed by atoms with van der Waals surface area (Å²) in [5.41, 5.74) is 3.44. The minimum absolute atomic E-state index is 0.0266. The molecular weight excluding hydrogens is 288 g/mol. The lowest BCUT2D eigenvalue weighted by Crippen LogP contribution is -2.24. The van der Waals surface area contributed by atoms with Crippen molar-refractivity contribution in [2.75, 3.05) is 13.1 Å². The van der Waals surface area contributed by atoms with Crippen molar-refractivity contribution >= 4 is 16.6 Å². The smallest absolute Gasteiger partial charge is 0.277 e. The van der Waals surface area contributed by atoms with Gasteiger partial charge in [-0.2, -0.15) is 0 Å². The fourth-order valence-corrected chi connectivity index (χ4v) is 2.74. The average molecular weight is 314 g/mol. The molecule has 0 aliphatic rings. The van der Waals surface area contributed by atoms with E-state index in [0.717, 1.165) is 29.8 Å². The van der Waals surface area contributed by atoms with Gasteiger partial charge in [-0.1, -0.05) is 26.0 Å². The second-order valence-corrected chi connectivity index (χ2v) is 5.76. The molecule has 2 heterocycles. The van der Waals surface area contributed by atoms with Crippen molar-refractivity contribution < 1.29 is 0 Å². The third-order valence-corrected chi connectivity index (χ3v) is 3.79. The number of rotatable bonds is 3. The first-order valence-electron chi connectivity index (χ1n) is 8.20. The first-order valence-corrected chi connectivity index (χ1v) is 8.20. The van der Waals surface area contributed by atoms with Crippen LogP contribution in [-0.4, -0.2) is 27.0 Å². The molecule has 0 unspecified atom stereocenters. The van der Waals surface area contributed by atoms with Crippen molar-refractivity contribution in [3.63, 3.8) is 0 Å². The fourth-order valence-electron chi connectivity index (χ4n) is 2.74. The molecule has 5 heteroatoms. The predicted octanol–water partition coefficient (Wildman–Crippen LogP) is 3.15. The Morgan fingerprint density at radius 3 is 2.26 bits per heavy atom. The number of aromatic nitrogens is 3. The van der Waals surface area contributed by atoms with Crippen LogP contribution in [0, 0.1) is 6.92 Å². The molecule has 0 saturated heterocycles. The molecule has 1 aromatic carbocycles. The average Bonchev–Trinajstić information content (AvgIpc) is 2.91. The molecule has 3 rings (SSSR count). The first-order chi connectivity index (χ1) is 11.0. The molecule has 5 nitrogen and oxygen atoms in total. The van der Waals surface area contributed by atoms with Crippen molar-refractivity contribution in [3.8, 4) is 0 Å². The molecule has 0 amide bonds. The van der Waals surface area contributed by atoms with E-state index in [1.807, 2.05) is 54.0 Å². The van der Waals surface area contributed by atoms with Crippen LogP contribution in [0.5, 0.6) is 0 Å². The Labute approximate surface area is 137 Å². The van der Waals surface area contributed by atoms with Crippen LogP contribution in [0.4, 0.5) is 0 Å². The Bertz CT molecular complexity index is 843. The maximum atomic E-state index is 12.6. The molecule has 2 aromatic heterocycles. The van der Waals surface area contributed by atoms with E-state index in [4.69, 9.17) is 0 Å². The van der Waals surface area contributed by atoms with Crippen molar-refractivity contribution in [3.05, 3.63) is 46.6 Å². The number of hydrogen-bond acceptors (Lipinski definition) is 3. The number of benzene rings is 1. The van der Waals surface area contributed by atoms with Gasteiger partial charge in [-0.05, 0) is 46.0 Å². The number of hydrogen-bond donors (Lipinski definition) is 1. The van der Waals surface area contributed by atoms with Gasteiger partial charge in [0, 0.05) is 6.04 Å². The van der Waals surface area contributed by atoms with Crippen LogP contribution in [0.2, 0.25) is 0 Å². The summed E-state index contributed by atoms with van der Waals surface area (Å²) in [6.07, 6.45) is 1.72. The van der Waals surface area contributed by atoms with Crippen LogP contribution in [0.15, 0.2) is 35.4 Å². The van der Waals surface area contributed by atoms with Crippen LogP contribution >= 0.6 is 0 Å². The number of para-hydroxylation sites is 2. The van der Waals surface area contributed by atoms with E-state index < -0.39 is 0 Å². The Morgan fingerprint density at radius 1 is 1.13 bits per heavy atom. The van der Waals surface area contributed by atoms with Crippen LogP contribution < -0.4 is 10.9 Å². The second-order valence-electron chi connectivity index (χ2n) is 5.76. The zero-order valence-corrected chi connectivity index (χ0v) is 14.6. The second kappa shape index (κ2) is 7.42. The number of imidazole rings is 1. The molecular formula is C18H26N4O. The van der Waals surface area contributed by atoms with E-state index in [-0.39, 0.29) is 11.6 Å². The molecule has 0 atom stereocenters. The van der Waals surface area contributed by atoms with E-state index in [2.05, 4.69) is 24.1 Å². The van der Waals surface area contributed by atoms with Gasteiger partial charge in [0.25, 0.3) is 5.56 Å². The van der Waals surface area contributed by atoms with Crippen molar-refractivity contribution in [1.29, 1.82) is 0 Å². The Balaban J connectivity index is 0.000000338. The molecule has 0 aliphatic heterocycles. The van der Waals surface area contributed by atoms with Crippen molar-refractivity contribution in [2.24, 2.45) is 0 Å². The normalized spacial score (nSPS) is 11.0. The highest BCUT2D eigenvalue weighted by Crippen LogP contribution is 2.18. The number of nitrogens with zero attached hydrogens (tertiary/aromatic N) is 3. The third kappa shape index (κ3) is 3.29.